The highest BCUT2D eigenvalue weighted by atomic mass is 28.6. The molecule has 5 aliphatic heterocycles. The Balaban J connectivity index is 1.66. The largest absolute Gasteiger partial charge is 0.416 e. The van der Waals surface area contributed by atoms with Gasteiger partial charge in [0.25, 0.3) is 0 Å². The summed E-state index contributed by atoms with van der Waals surface area (Å²) in [7, 11) is -57.7. The highest BCUT2D eigenvalue weighted by Crippen LogP contribution is 2.46. The van der Waals surface area contributed by atoms with Crippen LogP contribution in [-0.2, 0) is 82.3 Å². The third-order valence-electron chi connectivity index (χ3n) is 13.5. The SMILES string of the molecule is C[Si]1(C)O[Si](C)(C)O[Si](C)(CC[Si]2(C)O[Si](C)(CC[Si]3(C)O[Si](C)(C)O[Si](C)(C)O[Si](C)(C)O3)O[Si](C)(CC[Si]3(C)O[Si](C)(C)O[Si](C)(C)O[Si](C)(C)O3)O[Si](C)(CC[Si]3(C)O[Si](C)(C)O[Si](C)(C)O[Si](C)(C)O3)O2)O[Si](C)(C)O1. The van der Waals surface area contributed by atoms with Crippen molar-refractivity contribution in [1.29, 1.82) is 0 Å². The summed E-state index contributed by atoms with van der Waals surface area (Å²) < 4.78 is 145. The van der Waals surface area contributed by atoms with Crippen LogP contribution >= 0.6 is 0 Å². The molecule has 5 rings (SSSR count). The van der Waals surface area contributed by atoms with Crippen molar-refractivity contribution >= 4 is 171 Å². The van der Waals surface area contributed by atoms with Crippen molar-refractivity contribution in [3.8, 4) is 0 Å². The Morgan fingerprint density at radius 3 is 0.287 bits per heavy atom. The van der Waals surface area contributed by atoms with Gasteiger partial charge in [0.15, 0.2) is 0 Å². The molecular formula is C40H112O20Si20. The van der Waals surface area contributed by atoms with Gasteiger partial charge >= 0.3 is 171 Å². The molecule has 5 saturated heterocycles. The first-order chi connectivity index (χ1) is 35.0. The van der Waals surface area contributed by atoms with Gasteiger partial charge in [0, 0.05) is 0 Å². The summed E-state index contributed by atoms with van der Waals surface area (Å²) in [4.78, 5) is 0. The zero-order valence-corrected chi connectivity index (χ0v) is 75.8. The van der Waals surface area contributed by atoms with Crippen molar-refractivity contribution in [3.63, 3.8) is 0 Å². The first-order valence-corrected chi connectivity index (χ1v) is 83.0. The van der Waals surface area contributed by atoms with Crippen LogP contribution in [0.2, 0.25) is 258 Å². The molecule has 80 heavy (non-hydrogen) atoms. The maximum atomic E-state index is 8.03. The van der Waals surface area contributed by atoms with Gasteiger partial charge in [0.05, 0.1) is 0 Å². The zero-order valence-electron chi connectivity index (χ0n) is 55.8. The lowest BCUT2D eigenvalue weighted by molar-refractivity contribution is 0.212. The van der Waals surface area contributed by atoms with E-state index in [9.17, 15) is 0 Å². The van der Waals surface area contributed by atoms with E-state index in [0.29, 0.717) is 48.4 Å². The molecule has 0 aliphatic carbocycles. The van der Waals surface area contributed by atoms with Gasteiger partial charge in [-0.15, -0.1) is 0 Å². The summed E-state index contributed by atoms with van der Waals surface area (Å²) in [6, 6.07) is 4.67. The second-order valence-corrected chi connectivity index (χ2v) is 102. The first kappa shape index (κ1) is 74.3. The van der Waals surface area contributed by atoms with E-state index in [1.807, 2.05) is 0 Å². The minimum absolute atomic E-state index is 0.569. The van der Waals surface area contributed by atoms with Gasteiger partial charge in [-0.05, 0) is 258 Å². The second kappa shape index (κ2) is 23.9. The molecule has 0 aromatic heterocycles. The van der Waals surface area contributed by atoms with Gasteiger partial charge in [0.2, 0.25) is 0 Å². The topological polar surface area (TPSA) is 185 Å². The molecule has 0 radical (unpaired) electrons. The van der Waals surface area contributed by atoms with E-state index in [0.717, 1.165) is 0 Å². The molecule has 0 amide bonds. The second-order valence-electron chi connectivity index (χ2n) is 29.9. The third-order valence-corrected chi connectivity index (χ3v) is 99.6. The molecule has 0 spiro atoms. The van der Waals surface area contributed by atoms with Crippen molar-refractivity contribution < 1.29 is 82.3 Å². The minimum Gasteiger partial charge on any atom is -0.416 e. The van der Waals surface area contributed by atoms with Gasteiger partial charge in [-0.2, -0.15) is 0 Å². The molecule has 0 N–H and O–H groups in total. The third kappa shape index (κ3) is 23.0. The van der Waals surface area contributed by atoms with Gasteiger partial charge in [-0.3, -0.25) is 0 Å². The smallest absolute Gasteiger partial charge is 0.317 e. The summed E-state index contributed by atoms with van der Waals surface area (Å²) in [5.74, 6) is 0. The highest BCUT2D eigenvalue weighted by Gasteiger charge is 2.63. The van der Waals surface area contributed by atoms with Crippen LogP contribution in [0.3, 0.4) is 0 Å². The standard InChI is InChI=1S/C40H112O20Si20/c1-61(2)41-65(9,10)49-73(25,50-66(11,12)42-61)33-37-77(29)57-78(30,38-34-74(26)51-67(13,14)43-62(3,4)44-68(15,16)52-74)59-80(32,40-36-76(28)55-71(21,22)47-64(7,8)48-72(23,24)56-76)60-79(31,58-77)39-35-75(27)53-69(17,18)45-63(5,6)46-70(19,20)54-75/h33-40H2,1-32H3. The van der Waals surface area contributed by atoms with Gasteiger partial charge in [0.1, 0.15) is 0 Å². The summed E-state index contributed by atoms with van der Waals surface area (Å²) in [6.07, 6.45) is 0. The van der Waals surface area contributed by atoms with Crippen molar-refractivity contribution in [1.82, 2.24) is 0 Å². The van der Waals surface area contributed by atoms with E-state index in [-0.39, 0.29) is 0 Å². The Labute approximate surface area is 507 Å². The van der Waals surface area contributed by atoms with Crippen LogP contribution < -0.4 is 0 Å². The lowest BCUT2D eigenvalue weighted by Gasteiger charge is -2.53. The predicted molar refractivity (Wildman–Crippen MR) is 363 cm³/mol. The molecule has 20 nitrogen and oxygen atoms in total. The van der Waals surface area contributed by atoms with Crippen LogP contribution in [0.25, 0.3) is 0 Å². The normalized spacial score (nSPS) is 37.2. The molecule has 0 atom stereocenters. The average molecular weight is 1480 g/mol. The molecule has 472 valence electrons. The van der Waals surface area contributed by atoms with Gasteiger partial charge in [-0.1, -0.05) is 0 Å². The molecule has 0 aromatic rings. The van der Waals surface area contributed by atoms with Gasteiger partial charge in [-0.25, -0.2) is 0 Å². The molecule has 5 aliphatic rings. The van der Waals surface area contributed by atoms with E-state index >= 15 is 0 Å². The summed E-state index contributed by atoms with van der Waals surface area (Å²) in [5, 5.41) is 0. The predicted octanol–water partition coefficient (Wildman–Crippen LogP) is 13.4. The lowest BCUT2D eigenvalue weighted by atomic mass is 10.9. The Morgan fingerprint density at radius 2 is 0.188 bits per heavy atom. The molecule has 40 heteroatoms. The Bertz CT molecular complexity index is 1800. The molecule has 5 fully saturated rings. The monoisotopic (exact) mass is 1470 g/mol. The molecule has 5 heterocycles. The van der Waals surface area contributed by atoms with Crippen molar-refractivity contribution in [3.05, 3.63) is 0 Å². The maximum Gasteiger partial charge on any atom is 0.317 e. The number of hydrogen-bond acceptors (Lipinski definition) is 20. The summed E-state index contributed by atoms with van der Waals surface area (Å²) in [6.45, 7) is 68.1. The van der Waals surface area contributed by atoms with Crippen molar-refractivity contribution in [2.75, 3.05) is 0 Å². The van der Waals surface area contributed by atoms with E-state index < -0.39 is 171 Å². The van der Waals surface area contributed by atoms with Crippen molar-refractivity contribution in [2.45, 2.75) is 258 Å². The van der Waals surface area contributed by atoms with Crippen LogP contribution in [-0.4, -0.2) is 171 Å². The highest BCUT2D eigenvalue weighted by molar-refractivity contribution is 6.99. The number of hydrogen-bond donors (Lipinski definition) is 0. The summed E-state index contributed by atoms with van der Waals surface area (Å²) >= 11 is 0. The Morgan fingerprint density at radius 1 is 0.113 bits per heavy atom. The Hall–Kier alpha value is 3.54. The van der Waals surface area contributed by atoms with Crippen LogP contribution in [0.5, 0.6) is 0 Å². The molecule has 0 unspecified atom stereocenters. The molecule has 0 bridgehead atoms. The average Bonchev–Trinajstić information content (AvgIpc) is 3.06. The van der Waals surface area contributed by atoms with Crippen LogP contribution in [0.4, 0.5) is 0 Å². The Kier molecular flexibility index (Phi) is 22.2. The fraction of sp³-hybridized carbons (Fsp3) is 1.00. The molecular weight excluding hydrogens is 1360 g/mol. The van der Waals surface area contributed by atoms with E-state index in [2.05, 4.69) is 210 Å². The van der Waals surface area contributed by atoms with Crippen LogP contribution in [0, 0.1) is 0 Å². The lowest BCUT2D eigenvalue weighted by Crippen LogP contribution is -2.70. The quantitative estimate of drug-likeness (QED) is 0.168. The van der Waals surface area contributed by atoms with Crippen LogP contribution in [0.1, 0.15) is 0 Å². The zero-order chi connectivity index (χ0) is 61.8. The minimum atomic E-state index is -3.39. The van der Waals surface area contributed by atoms with Gasteiger partial charge < -0.3 is 82.3 Å². The van der Waals surface area contributed by atoms with E-state index in [4.69, 9.17) is 82.3 Å². The number of rotatable bonds is 12. The summed E-state index contributed by atoms with van der Waals surface area (Å²) in [5.41, 5.74) is 0. The first-order valence-electron chi connectivity index (χ1n) is 29.0. The van der Waals surface area contributed by atoms with Crippen molar-refractivity contribution in [2.24, 2.45) is 0 Å². The van der Waals surface area contributed by atoms with E-state index in [1.165, 1.54) is 0 Å². The molecule has 0 saturated carbocycles. The fourth-order valence-electron chi connectivity index (χ4n) is 13.8. The molecule has 0 aromatic carbocycles. The van der Waals surface area contributed by atoms with Crippen LogP contribution in [0.15, 0.2) is 0 Å². The maximum absolute atomic E-state index is 8.03. The van der Waals surface area contributed by atoms with E-state index in [1.54, 1.807) is 0 Å². The fourth-order valence-corrected chi connectivity index (χ4v) is 131.